The first-order chi connectivity index (χ1) is 10.3. The predicted molar refractivity (Wildman–Crippen MR) is 82.3 cm³/mol. The Kier molecular flexibility index (Phi) is 3.90. The third kappa shape index (κ3) is 2.91. The summed E-state index contributed by atoms with van der Waals surface area (Å²) >= 11 is 0. The van der Waals surface area contributed by atoms with Gasteiger partial charge in [-0.3, -0.25) is 9.89 Å². The topological polar surface area (TPSA) is 52.2 Å². The number of anilines is 1. The molecule has 1 N–H and O–H groups in total. The average Bonchev–Trinajstić information content (AvgIpc) is 3.20. The molecule has 1 fully saturated rings. The molecular formula is C16H20N4O. The second kappa shape index (κ2) is 5.99. The van der Waals surface area contributed by atoms with E-state index in [1.54, 1.807) is 17.2 Å². The quantitative estimate of drug-likeness (QED) is 0.937. The molecule has 2 heterocycles. The molecule has 0 unspecified atom stereocenters. The Morgan fingerprint density at radius 3 is 2.76 bits per heavy atom. The van der Waals surface area contributed by atoms with E-state index < -0.39 is 0 Å². The van der Waals surface area contributed by atoms with Crippen molar-refractivity contribution in [2.24, 2.45) is 0 Å². The maximum atomic E-state index is 12.3. The number of aromatic nitrogens is 2. The van der Waals surface area contributed by atoms with Crippen LogP contribution in [0.15, 0.2) is 36.5 Å². The fraction of sp³-hybridized carbons (Fsp3) is 0.375. The molecule has 5 nitrogen and oxygen atoms in total. The zero-order valence-electron chi connectivity index (χ0n) is 12.2. The summed E-state index contributed by atoms with van der Waals surface area (Å²) in [6.45, 7) is 2.81. The average molecular weight is 284 g/mol. The summed E-state index contributed by atoms with van der Waals surface area (Å²) in [5, 5.41) is 6.55. The Morgan fingerprint density at radius 2 is 2.05 bits per heavy atom. The number of aromatic amines is 1. The number of para-hydroxylation sites is 1. The van der Waals surface area contributed by atoms with Gasteiger partial charge in [0.25, 0.3) is 5.91 Å². The van der Waals surface area contributed by atoms with Gasteiger partial charge in [0.05, 0.1) is 0 Å². The highest BCUT2D eigenvalue weighted by Crippen LogP contribution is 2.25. The number of nitrogens with one attached hydrogen (secondary N) is 1. The lowest BCUT2D eigenvalue weighted by Gasteiger charge is -2.24. The Bertz CT molecular complexity index is 602. The number of carbonyl (C=O) groups excluding carboxylic acids is 1. The van der Waals surface area contributed by atoms with Crippen LogP contribution in [0.25, 0.3) is 0 Å². The van der Waals surface area contributed by atoms with Crippen LogP contribution in [0.2, 0.25) is 0 Å². The summed E-state index contributed by atoms with van der Waals surface area (Å²) in [4.78, 5) is 16.4. The maximum Gasteiger partial charge on any atom is 0.271 e. The Labute approximate surface area is 124 Å². The van der Waals surface area contributed by atoms with E-state index in [2.05, 4.69) is 33.3 Å². The molecule has 1 saturated heterocycles. The third-order valence-corrected chi connectivity index (χ3v) is 3.92. The Balaban J connectivity index is 1.76. The fourth-order valence-corrected chi connectivity index (χ4v) is 2.82. The number of nitrogens with zero attached hydrogens (tertiary/aromatic N) is 3. The van der Waals surface area contributed by atoms with Crippen LogP contribution < -0.4 is 4.90 Å². The summed E-state index contributed by atoms with van der Waals surface area (Å²) in [6.07, 6.45) is 4.09. The number of amides is 1. The van der Waals surface area contributed by atoms with Crippen LogP contribution in [0, 0.1) is 0 Å². The van der Waals surface area contributed by atoms with Crippen molar-refractivity contribution >= 4 is 11.6 Å². The van der Waals surface area contributed by atoms with Crippen molar-refractivity contribution in [3.8, 4) is 0 Å². The van der Waals surface area contributed by atoms with E-state index in [0.29, 0.717) is 12.2 Å². The fourth-order valence-electron chi connectivity index (χ4n) is 2.82. The zero-order valence-corrected chi connectivity index (χ0v) is 12.2. The first-order valence-corrected chi connectivity index (χ1v) is 7.33. The summed E-state index contributed by atoms with van der Waals surface area (Å²) in [5.74, 6) is -0.0382. The number of hydrogen-bond donors (Lipinski definition) is 1. The second-order valence-corrected chi connectivity index (χ2v) is 5.45. The lowest BCUT2D eigenvalue weighted by Crippen LogP contribution is -2.28. The molecule has 21 heavy (non-hydrogen) atoms. The minimum atomic E-state index is -0.0382. The van der Waals surface area contributed by atoms with Gasteiger partial charge < -0.3 is 9.80 Å². The molecule has 1 aromatic carbocycles. The molecule has 1 aromatic heterocycles. The first kappa shape index (κ1) is 13.7. The first-order valence-electron chi connectivity index (χ1n) is 7.33. The molecule has 0 aliphatic carbocycles. The van der Waals surface area contributed by atoms with Crippen molar-refractivity contribution in [2.45, 2.75) is 19.4 Å². The molecule has 110 valence electrons. The smallest absolute Gasteiger partial charge is 0.271 e. The molecule has 0 atom stereocenters. The predicted octanol–water partition coefficient (Wildman–Crippen LogP) is 2.28. The van der Waals surface area contributed by atoms with Crippen LogP contribution >= 0.6 is 0 Å². The Morgan fingerprint density at radius 1 is 1.29 bits per heavy atom. The monoisotopic (exact) mass is 284 g/mol. The highest BCUT2D eigenvalue weighted by atomic mass is 16.2. The molecule has 5 heteroatoms. The van der Waals surface area contributed by atoms with Crippen molar-refractivity contribution in [3.05, 3.63) is 47.8 Å². The van der Waals surface area contributed by atoms with Crippen molar-refractivity contribution < 1.29 is 4.79 Å². The number of hydrogen-bond acceptors (Lipinski definition) is 3. The second-order valence-electron chi connectivity index (χ2n) is 5.45. The van der Waals surface area contributed by atoms with Crippen LogP contribution in [0.1, 0.15) is 28.9 Å². The van der Waals surface area contributed by atoms with Gasteiger partial charge in [-0.25, -0.2) is 0 Å². The minimum absolute atomic E-state index is 0.0382. The van der Waals surface area contributed by atoms with Crippen LogP contribution in [-0.2, 0) is 6.54 Å². The number of rotatable bonds is 4. The van der Waals surface area contributed by atoms with Gasteiger partial charge in [0.2, 0.25) is 0 Å². The summed E-state index contributed by atoms with van der Waals surface area (Å²) < 4.78 is 0. The van der Waals surface area contributed by atoms with Gasteiger partial charge in [0.15, 0.2) is 0 Å². The normalized spacial score (nSPS) is 14.4. The molecule has 2 aromatic rings. The van der Waals surface area contributed by atoms with Gasteiger partial charge in [-0.2, -0.15) is 5.10 Å². The lowest BCUT2D eigenvalue weighted by atomic mass is 10.1. The number of benzene rings is 1. The molecule has 1 amide bonds. The number of carbonyl (C=O) groups is 1. The zero-order chi connectivity index (χ0) is 14.7. The summed E-state index contributed by atoms with van der Waals surface area (Å²) in [6, 6.07) is 10.0. The van der Waals surface area contributed by atoms with Gasteiger partial charge >= 0.3 is 0 Å². The van der Waals surface area contributed by atoms with E-state index in [0.717, 1.165) is 13.1 Å². The van der Waals surface area contributed by atoms with Gasteiger partial charge in [-0.1, -0.05) is 18.2 Å². The SMILES string of the molecule is CN(Cc1ccccc1N1CCCC1)C(=O)c1ccn[nH]1. The lowest BCUT2D eigenvalue weighted by molar-refractivity contribution is 0.0779. The van der Waals surface area contributed by atoms with Crippen molar-refractivity contribution in [1.82, 2.24) is 15.1 Å². The standard InChI is InChI=1S/C16H20N4O/c1-19(16(21)14-8-9-17-18-14)12-13-6-2-3-7-15(13)20-10-4-5-11-20/h2-3,6-9H,4-5,10-12H2,1H3,(H,17,18). The maximum absolute atomic E-state index is 12.3. The molecule has 3 rings (SSSR count). The summed E-state index contributed by atoms with van der Waals surface area (Å²) in [7, 11) is 1.82. The largest absolute Gasteiger partial charge is 0.371 e. The van der Waals surface area contributed by atoms with E-state index in [1.807, 2.05) is 13.1 Å². The van der Waals surface area contributed by atoms with E-state index in [9.17, 15) is 4.79 Å². The van der Waals surface area contributed by atoms with E-state index in [-0.39, 0.29) is 5.91 Å². The minimum Gasteiger partial charge on any atom is -0.371 e. The number of H-pyrrole nitrogens is 1. The van der Waals surface area contributed by atoms with Crippen LogP contribution in [0.4, 0.5) is 5.69 Å². The van der Waals surface area contributed by atoms with Gasteiger partial charge in [-0.15, -0.1) is 0 Å². The molecule has 0 radical (unpaired) electrons. The van der Waals surface area contributed by atoms with Gasteiger partial charge in [0.1, 0.15) is 5.69 Å². The van der Waals surface area contributed by atoms with Crippen molar-refractivity contribution in [2.75, 3.05) is 25.0 Å². The van der Waals surface area contributed by atoms with E-state index >= 15 is 0 Å². The molecular weight excluding hydrogens is 264 g/mol. The van der Waals surface area contributed by atoms with Crippen LogP contribution in [0.3, 0.4) is 0 Å². The van der Waals surface area contributed by atoms with Gasteiger partial charge in [0, 0.05) is 38.6 Å². The van der Waals surface area contributed by atoms with Crippen LogP contribution in [0.5, 0.6) is 0 Å². The molecule has 1 aliphatic heterocycles. The summed E-state index contributed by atoms with van der Waals surface area (Å²) in [5.41, 5.74) is 2.96. The highest BCUT2D eigenvalue weighted by Gasteiger charge is 2.18. The highest BCUT2D eigenvalue weighted by molar-refractivity contribution is 5.92. The van der Waals surface area contributed by atoms with Gasteiger partial charge in [-0.05, 0) is 30.5 Å². The molecule has 0 saturated carbocycles. The van der Waals surface area contributed by atoms with E-state index in [1.165, 1.54) is 24.1 Å². The molecule has 0 bridgehead atoms. The van der Waals surface area contributed by atoms with E-state index in [4.69, 9.17) is 0 Å². The molecule has 1 aliphatic rings. The molecule has 0 spiro atoms. The van der Waals surface area contributed by atoms with Crippen molar-refractivity contribution in [3.63, 3.8) is 0 Å². The van der Waals surface area contributed by atoms with Crippen molar-refractivity contribution in [1.29, 1.82) is 0 Å². The Hall–Kier alpha value is -2.30. The van der Waals surface area contributed by atoms with Crippen LogP contribution in [-0.4, -0.2) is 41.1 Å². The third-order valence-electron chi connectivity index (χ3n) is 3.92.